The summed E-state index contributed by atoms with van der Waals surface area (Å²) >= 11 is 0. The second kappa shape index (κ2) is 9.34. The third-order valence-electron chi connectivity index (χ3n) is 4.84. The molecular weight excluding hydrogens is 373 g/mol. The molecule has 0 radical (unpaired) electrons. The third kappa shape index (κ3) is 5.00. The van der Waals surface area contributed by atoms with Gasteiger partial charge in [0.15, 0.2) is 0 Å². The van der Waals surface area contributed by atoms with Gasteiger partial charge in [-0.2, -0.15) is 0 Å². The maximum Gasteiger partial charge on any atom is 0.338 e. The van der Waals surface area contributed by atoms with Crippen LogP contribution in [0, 0.1) is 5.82 Å². The van der Waals surface area contributed by atoms with Crippen LogP contribution in [-0.2, 0) is 16.1 Å². The summed E-state index contributed by atoms with van der Waals surface area (Å²) < 4.78 is 18.3. The number of hydrogen-bond donors (Lipinski definition) is 2. The SMILES string of the molecule is CCN(CC1=C(C(=O)OC)[C@@H](c2ccc(F)cc2)NC(=O)N1)Cc1ccccc1. The molecule has 29 heavy (non-hydrogen) atoms. The zero-order valence-corrected chi connectivity index (χ0v) is 16.4. The lowest BCUT2D eigenvalue weighted by atomic mass is 9.95. The summed E-state index contributed by atoms with van der Waals surface area (Å²) in [7, 11) is 1.30. The number of carbonyl (C=O) groups is 2. The van der Waals surface area contributed by atoms with Gasteiger partial charge in [-0.1, -0.05) is 49.4 Å². The van der Waals surface area contributed by atoms with Crippen molar-refractivity contribution in [3.05, 3.63) is 82.8 Å². The van der Waals surface area contributed by atoms with Gasteiger partial charge in [-0.15, -0.1) is 0 Å². The fourth-order valence-electron chi connectivity index (χ4n) is 3.34. The van der Waals surface area contributed by atoms with Gasteiger partial charge in [0.2, 0.25) is 0 Å². The van der Waals surface area contributed by atoms with Crippen LogP contribution >= 0.6 is 0 Å². The topological polar surface area (TPSA) is 70.7 Å². The van der Waals surface area contributed by atoms with Crippen molar-refractivity contribution in [3.8, 4) is 0 Å². The van der Waals surface area contributed by atoms with Gasteiger partial charge in [0.1, 0.15) is 5.82 Å². The average Bonchev–Trinajstić information content (AvgIpc) is 2.73. The Labute approximate surface area is 169 Å². The smallest absolute Gasteiger partial charge is 0.338 e. The van der Waals surface area contributed by atoms with Gasteiger partial charge in [0.05, 0.1) is 18.7 Å². The average molecular weight is 397 g/mol. The summed E-state index contributed by atoms with van der Waals surface area (Å²) in [5, 5.41) is 5.50. The Kier molecular flexibility index (Phi) is 6.61. The maximum atomic E-state index is 13.3. The van der Waals surface area contributed by atoms with Crippen molar-refractivity contribution in [2.24, 2.45) is 0 Å². The second-order valence-corrected chi connectivity index (χ2v) is 6.76. The van der Waals surface area contributed by atoms with Gasteiger partial charge in [-0.3, -0.25) is 4.90 Å². The van der Waals surface area contributed by atoms with Gasteiger partial charge in [0.25, 0.3) is 0 Å². The van der Waals surface area contributed by atoms with Crippen LogP contribution in [0.4, 0.5) is 9.18 Å². The lowest BCUT2D eigenvalue weighted by molar-refractivity contribution is -0.136. The van der Waals surface area contributed by atoms with E-state index < -0.39 is 23.9 Å². The lowest BCUT2D eigenvalue weighted by Crippen LogP contribution is -2.48. The van der Waals surface area contributed by atoms with E-state index in [1.807, 2.05) is 37.3 Å². The first-order chi connectivity index (χ1) is 14.0. The zero-order valence-electron chi connectivity index (χ0n) is 16.4. The Morgan fingerprint density at radius 1 is 1.10 bits per heavy atom. The Morgan fingerprint density at radius 3 is 2.41 bits per heavy atom. The minimum atomic E-state index is -0.720. The molecule has 0 spiro atoms. The lowest BCUT2D eigenvalue weighted by Gasteiger charge is -2.31. The Hall–Kier alpha value is -3.19. The molecule has 152 valence electrons. The van der Waals surface area contributed by atoms with Crippen molar-refractivity contribution in [3.63, 3.8) is 0 Å². The molecule has 2 aromatic rings. The van der Waals surface area contributed by atoms with Crippen molar-refractivity contribution in [1.29, 1.82) is 0 Å². The molecule has 0 saturated carbocycles. The molecule has 2 N–H and O–H groups in total. The number of amides is 2. The number of nitrogens with zero attached hydrogens (tertiary/aromatic N) is 1. The summed E-state index contributed by atoms with van der Waals surface area (Å²) in [5.41, 5.74) is 2.52. The molecule has 0 bridgehead atoms. The molecule has 6 nitrogen and oxygen atoms in total. The first-order valence-corrected chi connectivity index (χ1v) is 9.42. The molecule has 0 aliphatic carbocycles. The number of carbonyl (C=O) groups excluding carboxylic acids is 2. The van der Waals surface area contributed by atoms with E-state index in [0.717, 1.165) is 12.1 Å². The summed E-state index contributed by atoms with van der Waals surface area (Å²) in [4.78, 5) is 27.0. The van der Waals surface area contributed by atoms with Crippen molar-refractivity contribution >= 4 is 12.0 Å². The second-order valence-electron chi connectivity index (χ2n) is 6.76. The number of hydrogen-bond acceptors (Lipinski definition) is 4. The molecule has 3 rings (SSSR count). The van der Waals surface area contributed by atoms with E-state index in [2.05, 4.69) is 15.5 Å². The van der Waals surface area contributed by atoms with Crippen LogP contribution in [0.25, 0.3) is 0 Å². The summed E-state index contributed by atoms with van der Waals surface area (Å²) in [6.45, 7) is 3.76. The number of rotatable bonds is 7. The Balaban J connectivity index is 1.95. The molecule has 1 heterocycles. The van der Waals surface area contributed by atoms with E-state index >= 15 is 0 Å². The highest BCUT2D eigenvalue weighted by atomic mass is 19.1. The fraction of sp³-hybridized carbons (Fsp3) is 0.273. The van der Waals surface area contributed by atoms with E-state index in [1.165, 1.54) is 19.2 Å². The standard InChI is InChI=1S/C22H24FN3O3/c1-3-26(13-15-7-5-4-6-8-15)14-18-19(21(27)29-2)20(25-22(28)24-18)16-9-11-17(23)12-10-16/h4-12,20H,3,13-14H2,1-2H3,(H2,24,25,28)/t20-/m1/s1. The number of esters is 1. The molecular formula is C22H24FN3O3. The number of ether oxygens (including phenoxy) is 1. The molecule has 0 saturated heterocycles. The molecule has 0 fully saturated rings. The number of halogens is 1. The number of methoxy groups -OCH3 is 1. The molecule has 0 unspecified atom stereocenters. The minimum absolute atomic E-state index is 0.310. The summed E-state index contributed by atoms with van der Waals surface area (Å²) in [6, 6.07) is 14.5. The molecule has 1 aliphatic heterocycles. The van der Waals surface area contributed by atoms with E-state index in [1.54, 1.807) is 12.1 Å². The molecule has 0 aromatic heterocycles. The third-order valence-corrected chi connectivity index (χ3v) is 4.84. The predicted octanol–water partition coefficient (Wildman–Crippen LogP) is 3.13. The molecule has 2 aromatic carbocycles. The maximum absolute atomic E-state index is 13.3. The van der Waals surface area contributed by atoms with Gasteiger partial charge in [-0.05, 0) is 29.8 Å². The van der Waals surface area contributed by atoms with Gasteiger partial charge in [0, 0.05) is 18.8 Å². The highest BCUT2D eigenvalue weighted by Gasteiger charge is 2.34. The van der Waals surface area contributed by atoms with Crippen LogP contribution in [0.5, 0.6) is 0 Å². The Morgan fingerprint density at radius 2 is 1.79 bits per heavy atom. The highest BCUT2D eigenvalue weighted by molar-refractivity contribution is 5.95. The van der Waals surface area contributed by atoms with E-state index in [-0.39, 0.29) is 0 Å². The molecule has 1 atom stereocenters. The van der Waals surface area contributed by atoms with Crippen LogP contribution in [0.15, 0.2) is 65.9 Å². The van der Waals surface area contributed by atoms with Crippen LogP contribution < -0.4 is 10.6 Å². The van der Waals surface area contributed by atoms with Crippen molar-refractivity contribution in [2.75, 3.05) is 20.2 Å². The van der Waals surface area contributed by atoms with Crippen molar-refractivity contribution < 1.29 is 18.7 Å². The van der Waals surface area contributed by atoms with E-state index in [9.17, 15) is 14.0 Å². The van der Waals surface area contributed by atoms with Crippen molar-refractivity contribution in [1.82, 2.24) is 15.5 Å². The fourth-order valence-corrected chi connectivity index (χ4v) is 3.34. The van der Waals surface area contributed by atoms with Gasteiger partial charge < -0.3 is 15.4 Å². The number of urea groups is 1. The number of benzene rings is 2. The number of nitrogens with one attached hydrogen (secondary N) is 2. The van der Waals surface area contributed by atoms with E-state index in [0.29, 0.717) is 29.9 Å². The molecule has 1 aliphatic rings. The molecule has 7 heteroatoms. The van der Waals surface area contributed by atoms with Gasteiger partial charge in [-0.25, -0.2) is 14.0 Å². The summed E-state index contributed by atoms with van der Waals surface area (Å²) in [6.07, 6.45) is 0. The molecule has 2 amide bonds. The first-order valence-electron chi connectivity index (χ1n) is 9.42. The van der Waals surface area contributed by atoms with Crippen LogP contribution in [0.3, 0.4) is 0 Å². The normalized spacial score (nSPS) is 16.4. The highest BCUT2D eigenvalue weighted by Crippen LogP contribution is 2.28. The number of likely N-dealkylation sites (N-methyl/N-ethyl adjacent to an activating group) is 1. The first kappa shape index (κ1) is 20.5. The zero-order chi connectivity index (χ0) is 20.8. The monoisotopic (exact) mass is 397 g/mol. The van der Waals surface area contributed by atoms with Gasteiger partial charge >= 0.3 is 12.0 Å². The van der Waals surface area contributed by atoms with Crippen LogP contribution in [-0.4, -0.2) is 37.1 Å². The van der Waals surface area contributed by atoms with Crippen molar-refractivity contribution in [2.45, 2.75) is 19.5 Å². The van der Waals surface area contributed by atoms with E-state index in [4.69, 9.17) is 4.74 Å². The van der Waals surface area contributed by atoms with Crippen LogP contribution in [0.2, 0.25) is 0 Å². The quantitative estimate of drug-likeness (QED) is 0.705. The predicted molar refractivity (Wildman–Crippen MR) is 107 cm³/mol. The Bertz CT molecular complexity index is 897. The minimum Gasteiger partial charge on any atom is -0.466 e. The summed E-state index contributed by atoms with van der Waals surface area (Å²) in [5.74, 6) is -0.935. The van der Waals surface area contributed by atoms with Crippen LogP contribution in [0.1, 0.15) is 24.1 Å². The largest absolute Gasteiger partial charge is 0.466 e.